The zero-order valence-corrected chi connectivity index (χ0v) is 13.9. The van der Waals surface area contributed by atoms with E-state index in [-0.39, 0.29) is 5.91 Å². The largest absolute Gasteiger partial charge is 0.294 e. The van der Waals surface area contributed by atoms with Crippen molar-refractivity contribution in [2.24, 2.45) is 5.84 Å². The lowest BCUT2D eigenvalue weighted by molar-refractivity contribution is -0.120. The van der Waals surface area contributed by atoms with Crippen LogP contribution in [0.2, 0.25) is 0 Å². The van der Waals surface area contributed by atoms with Crippen molar-refractivity contribution >= 4 is 5.91 Å². The molecule has 1 aromatic carbocycles. The number of aromatic nitrogens is 2. The maximum absolute atomic E-state index is 11.3. The van der Waals surface area contributed by atoms with Crippen molar-refractivity contribution in [2.45, 2.75) is 19.3 Å². The number of aryl methyl sites for hydroxylation is 2. The van der Waals surface area contributed by atoms with Crippen molar-refractivity contribution in [1.29, 1.82) is 0 Å². The Morgan fingerprint density at radius 1 is 0.880 bits per heavy atom. The Balaban J connectivity index is 1.57. The second-order valence-electron chi connectivity index (χ2n) is 5.83. The third-order valence-corrected chi connectivity index (χ3v) is 4.06. The topological polar surface area (TPSA) is 80.9 Å². The second-order valence-corrected chi connectivity index (χ2v) is 5.83. The van der Waals surface area contributed by atoms with Gasteiger partial charge < -0.3 is 0 Å². The van der Waals surface area contributed by atoms with Crippen molar-refractivity contribution in [3.05, 3.63) is 83.9 Å². The number of carbonyl (C=O) groups excluding carboxylic acids is 1. The molecule has 0 atom stereocenters. The molecular weight excluding hydrogens is 312 g/mol. The fourth-order valence-corrected chi connectivity index (χ4v) is 2.62. The first-order valence-electron chi connectivity index (χ1n) is 8.17. The standard InChI is InChI=1S/C20H20N4O/c21-24-20(25)13-16-3-1-15(2-4-16)5-7-19-8-6-18(14-23-19)17-9-11-22-12-10-17/h1-4,6,8-12,14H,5,7,13,21H2,(H,24,25). The van der Waals surface area contributed by atoms with Crippen molar-refractivity contribution < 1.29 is 4.79 Å². The average molecular weight is 332 g/mol. The predicted octanol–water partition coefficient (Wildman–Crippen LogP) is 2.46. The van der Waals surface area contributed by atoms with Gasteiger partial charge in [-0.15, -0.1) is 0 Å². The molecular formula is C20H20N4O. The van der Waals surface area contributed by atoms with E-state index >= 15 is 0 Å². The summed E-state index contributed by atoms with van der Waals surface area (Å²) in [7, 11) is 0. The van der Waals surface area contributed by atoms with Crippen LogP contribution in [0.4, 0.5) is 0 Å². The summed E-state index contributed by atoms with van der Waals surface area (Å²) in [4.78, 5) is 19.8. The first-order chi connectivity index (χ1) is 12.2. The number of nitrogens with zero attached hydrogens (tertiary/aromatic N) is 2. The fourth-order valence-electron chi connectivity index (χ4n) is 2.62. The van der Waals surface area contributed by atoms with Gasteiger partial charge in [-0.3, -0.25) is 20.2 Å². The minimum atomic E-state index is -0.189. The van der Waals surface area contributed by atoms with Crippen LogP contribution in [0.25, 0.3) is 11.1 Å². The number of rotatable bonds is 6. The highest BCUT2D eigenvalue weighted by molar-refractivity contribution is 5.77. The Labute approximate surface area is 146 Å². The van der Waals surface area contributed by atoms with E-state index in [1.807, 2.05) is 42.6 Å². The fraction of sp³-hybridized carbons (Fsp3) is 0.150. The maximum Gasteiger partial charge on any atom is 0.238 e. The van der Waals surface area contributed by atoms with Crippen LogP contribution < -0.4 is 11.3 Å². The van der Waals surface area contributed by atoms with Crippen molar-refractivity contribution in [1.82, 2.24) is 15.4 Å². The van der Waals surface area contributed by atoms with E-state index in [2.05, 4.69) is 27.5 Å². The summed E-state index contributed by atoms with van der Waals surface area (Å²) in [6.07, 6.45) is 7.55. The van der Waals surface area contributed by atoms with Crippen LogP contribution in [0.5, 0.6) is 0 Å². The predicted molar refractivity (Wildman–Crippen MR) is 97.4 cm³/mol. The first kappa shape index (κ1) is 16.8. The van der Waals surface area contributed by atoms with Crippen LogP contribution in [0.3, 0.4) is 0 Å². The Hall–Kier alpha value is -3.05. The van der Waals surface area contributed by atoms with Crippen molar-refractivity contribution in [2.75, 3.05) is 0 Å². The Kier molecular flexibility index (Phi) is 5.49. The molecule has 2 aromatic heterocycles. The van der Waals surface area contributed by atoms with Gasteiger partial charge in [-0.1, -0.05) is 30.3 Å². The summed E-state index contributed by atoms with van der Waals surface area (Å²) in [5, 5.41) is 0. The SMILES string of the molecule is NNC(=O)Cc1ccc(CCc2ccc(-c3ccncc3)cn2)cc1. The van der Waals surface area contributed by atoms with E-state index in [0.717, 1.165) is 35.2 Å². The van der Waals surface area contributed by atoms with Gasteiger partial charge in [0.05, 0.1) is 6.42 Å². The molecule has 0 radical (unpaired) electrons. The van der Waals surface area contributed by atoms with Crippen molar-refractivity contribution in [3.8, 4) is 11.1 Å². The molecule has 0 saturated heterocycles. The molecule has 3 N–H and O–H groups in total. The summed E-state index contributed by atoms with van der Waals surface area (Å²) >= 11 is 0. The van der Waals surface area contributed by atoms with Gasteiger partial charge in [0.25, 0.3) is 0 Å². The Morgan fingerprint density at radius 3 is 2.24 bits per heavy atom. The highest BCUT2D eigenvalue weighted by Crippen LogP contribution is 2.17. The number of benzene rings is 1. The molecule has 0 unspecified atom stereocenters. The number of nitrogens with two attached hydrogens (primary N) is 1. The van der Waals surface area contributed by atoms with Gasteiger partial charge in [0.2, 0.25) is 5.91 Å². The van der Waals surface area contributed by atoms with E-state index in [0.29, 0.717) is 6.42 Å². The van der Waals surface area contributed by atoms with E-state index in [9.17, 15) is 4.79 Å². The van der Waals surface area contributed by atoms with Crippen LogP contribution in [0, 0.1) is 0 Å². The third-order valence-electron chi connectivity index (χ3n) is 4.06. The summed E-state index contributed by atoms with van der Waals surface area (Å²) in [6, 6.07) is 16.1. The number of hydrazine groups is 1. The molecule has 5 heteroatoms. The highest BCUT2D eigenvalue weighted by atomic mass is 16.2. The molecule has 0 aliphatic carbocycles. The zero-order chi connectivity index (χ0) is 17.5. The van der Waals surface area contributed by atoms with Gasteiger partial charge in [0, 0.05) is 29.8 Å². The summed E-state index contributed by atoms with van der Waals surface area (Å²) in [6.45, 7) is 0. The zero-order valence-electron chi connectivity index (χ0n) is 13.9. The monoisotopic (exact) mass is 332 g/mol. The van der Waals surface area contributed by atoms with Gasteiger partial charge in [-0.25, -0.2) is 5.84 Å². The second kappa shape index (κ2) is 8.17. The van der Waals surface area contributed by atoms with Crippen LogP contribution >= 0.6 is 0 Å². The smallest absolute Gasteiger partial charge is 0.238 e. The summed E-state index contributed by atoms with van der Waals surface area (Å²) in [5.74, 6) is 4.91. The molecule has 0 spiro atoms. The molecule has 5 nitrogen and oxygen atoms in total. The Bertz CT molecular complexity index is 815. The lowest BCUT2D eigenvalue weighted by atomic mass is 10.0. The average Bonchev–Trinajstić information content (AvgIpc) is 2.68. The number of hydrogen-bond acceptors (Lipinski definition) is 4. The minimum absolute atomic E-state index is 0.189. The normalized spacial score (nSPS) is 10.4. The van der Waals surface area contributed by atoms with Gasteiger partial charge in [0.15, 0.2) is 0 Å². The molecule has 0 aliphatic heterocycles. The lowest BCUT2D eigenvalue weighted by Crippen LogP contribution is -2.31. The lowest BCUT2D eigenvalue weighted by Gasteiger charge is -2.05. The number of amides is 1. The molecule has 3 rings (SSSR count). The number of carbonyl (C=O) groups is 1. The molecule has 0 aliphatic rings. The van der Waals surface area contributed by atoms with E-state index in [1.165, 1.54) is 5.56 Å². The van der Waals surface area contributed by atoms with Crippen LogP contribution in [-0.2, 0) is 24.1 Å². The van der Waals surface area contributed by atoms with E-state index in [4.69, 9.17) is 5.84 Å². The van der Waals surface area contributed by atoms with Crippen LogP contribution in [-0.4, -0.2) is 15.9 Å². The molecule has 0 bridgehead atoms. The van der Waals surface area contributed by atoms with Gasteiger partial charge in [-0.2, -0.15) is 0 Å². The summed E-state index contributed by atoms with van der Waals surface area (Å²) < 4.78 is 0. The molecule has 2 heterocycles. The highest BCUT2D eigenvalue weighted by Gasteiger charge is 2.03. The third kappa shape index (κ3) is 4.71. The molecule has 3 aromatic rings. The van der Waals surface area contributed by atoms with Crippen LogP contribution in [0.15, 0.2) is 67.1 Å². The van der Waals surface area contributed by atoms with Crippen LogP contribution in [0.1, 0.15) is 16.8 Å². The minimum Gasteiger partial charge on any atom is -0.294 e. The molecule has 1 amide bonds. The molecule has 25 heavy (non-hydrogen) atoms. The van der Waals surface area contributed by atoms with Gasteiger partial charge in [-0.05, 0) is 47.7 Å². The maximum atomic E-state index is 11.3. The molecule has 126 valence electrons. The van der Waals surface area contributed by atoms with Crippen molar-refractivity contribution in [3.63, 3.8) is 0 Å². The summed E-state index contributed by atoms with van der Waals surface area (Å²) in [5.41, 5.74) is 7.58. The number of nitrogens with one attached hydrogen (secondary N) is 1. The number of hydrogen-bond donors (Lipinski definition) is 2. The van der Waals surface area contributed by atoms with Gasteiger partial charge in [0.1, 0.15) is 0 Å². The van der Waals surface area contributed by atoms with E-state index in [1.54, 1.807) is 12.4 Å². The Morgan fingerprint density at radius 2 is 1.60 bits per heavy atom. The van der Waals surface area contributed by atoms with E-state index < -0.39 is 0 Å². The molecule has 0 saturated carbocycles. The van der Waals surface area contributed by atoms with Gasteiger partial charge >= 0.3 is 0 Å². The quantitative estimate of drug-likeness (QED) is 0.413. The molecule has 0 fully saturated rings. The first-order valence-corrected chi connectivity index (χ1v) is 8.17. The number of pyridine rings is 2.